The Bertz CT molecular complexity index is 1420. The molecule has 174 valence electrons. The van der Waals surface area contributed by atoms with Crippen LogP contribution in [0.15, 0.2) is 63.8 Å². The summed E-state index contributed by atoms with van der Waals surface area (Å²) in [6.07, 6.45) is 0. The Labute approximate surface area is 198 Å². The summed E-state index contributed by atoms with van der Waals surface area (Å²) in [6.45, 7) is 5.91. The van der Waals surface area contributed by atoms with Crippen molar-refractivity contribution in [2.75, 3.05) is 21.0 Å². The van der Waals surface area contributed by atoms with Gasteiger partial charge in [-0.05, 0) is 54.8 Å². The van der Waals surface area contributed by atoms with E-state index in [1.54, 1.807) is 26.4 Å². The van der Waals surface area contributed by atoms with E-state index in [4.69, 9.17) is 18.6 Å². The first-order chi connectivity index (χ1) is 16.5. The fourth-order valence-corrected chi connectivity index (χ4v) is 4.55. The van der Waals surface area contributed by atoms with E-state index in [0.29, 0.717) is 35.9 Å². The van der Waals surface area contributed by atoms with Crippen molar-refractivity contribution in [1.82, 2.24) is 4.90 Å². The molecule has 0 spiro atoms. The maximum Gasteiger partial charge on any atom is 0.344 e. The molecular formula is C28H27NO5. The van der Waals surface area contributed by atoms with Gasteiger partial charge in [-0.2, -0.15) is 0 Å². The van der Waals surface area contributed by atoms with Gasteiger partial charge in [-0.1, -0.05) is 35.9 Å². The first-order valence-corrected chi connectivity index (χ1v) is 11.2. The van der Waals surface area contributed by atoms with Gasteiger partial charge in [0.05, 0.1) is 25.3 Å². The van der Waals surface area contributed by atoms with Crippen LogP contribution in [0.2, 0.25) is 0 Å². The molecule has 1 aromatic heterocycles. The van der Waals surface area contributed by atoms with Gasteiger partial charge in [0, 0.05) is 18.5 Å². The monoisotopic (exact) mass is 457 g/mol. The topological polar surface area (TPSA) is 61.1 Å². The molecule has 6 nitrogen and oxygen atoms in total. The van der Waals surface area contributed by atoms with Gasteiger partial charge in [0.1, 0.15) is 18.1 Å². The van der Waals surface area contributed by atoms with E-state index in [2.05, 4.69) is 36.1 Å². The van der Waals surface area contributed by atoms with E-state index in [0.717, 1.165) is 34.4 Å². The Kier molecular flexibility index (Phi) is 5.75. The third-order valence-electron chi connectivity index (χ3n) is 6.38. The maximum absolute atomic E-state index is 13.2. The molecule has 0 saturated carbocycles. The number of fused-ring (bicyclic) bond motifs is 3. The van der Waals surface area contributed by atoms with Crippen molar-refractivity contribution in [2.45, 2.75) is 26.9 Å². The van der Waals surface area contributed by atoms with Gasteiger partial charge in [-0.3, -0.25) is 4.90 Å². The molecule has 0 saturated heterocycles. The molecule has 2 heterocycles. The molecule has 0 aliphatic carbocycles. The van der Waals surface area contributed by atoms with Crippen LogP contribution in [0.5, 0.6) is 17.2 Å². The van der Waals surface area contributed by atoms with Gasteiger partial charge >= 0.3 is 5.63 Å². The zero-order valence-corrected chi connectivity index (χ0v) is 19.8. The highest BCUT2D eigenvalue weighted by atomic mass is 16.5. The number of hydrogen-bond donors (Lipinski definition) is 0. The Morgan fingerprint density at radius 1 is 0.941 bits per heavy atom. The van der Waals surface area contributed by atoms with Crippen molar-refractivity contribution in [3.05, 3.63) is 87.3 Å². The number of methoxy groups -OCH3 is 2. The normalized spacial score (nSPS) is 13.4. The van der Waals surface area contributed by atoms with Crippen molar-refractivity contribution >= 4 is 11.0 Å². The van der Waals surface area contributed by atoms with Gasteiger partial charge in [0.2, 0.25) is 0 Å². The summed E-state index contributed by atoms with van der Waals surface area (Å²) >= 11 is 0. The number of nitrogens with zero attached hydrogens (tertiary/aromatic N) is 1. The van der Waals surface area contributed by atoms with Crippen LogP contribution in [0, 0.1) is 13.8 Å². The average Bonchev–Trinajstić information content (AvgIpc) is 2.85. The van der Waals surface area contributed by atoms with Gasteiger partial charge in [-0.15, -0.1) is 0 Å². The summed E-state index contributed by atoms with van der Waals surface area (Å²) in [4.78, 5) is 15.4. The lowest BCUT2D eigenvalue weighted by Crippen LogP contribution is -2.31. The quantitative estimate of drug-likeness (QED) is 0.372. The smallest absolute Gasteiger partial charge is 0.344 e. The number of benzene rings is 3. The second-order valence-corrected chi connectivity index (χ2v) is 8.62. The van der Waals surface area contributed by atoms with Gasteiger partial charge in [0.15, 0.2) is 11.5 Å². The lowest BCUT2D eigenvalue weighted by atomic mass is 9.97. The van der Waals surface area contributed by atoms with E-state index >= 15 is 0 Å². The van der Waals surface area contributed by atoms with Crippen molar-refractivity contribution in [2.24, 2.45) is 0 Å². The molecule has 0 bridgehead atoms. The fraction of sp³-hybridized carbons (Fsp3) is 0.250. The molecule has 0 N–H and O–H groups in total. The number of rotatable bonds is 5. The highest BCUT2D eigenvalue weighted by Crippen LogP contribution is 2.37. The lowest BCUT2D eigenvalue weighted by Gasteiger charge is -2.29. The summed E-state index contributed by atoms with van der Waals surface area (Å²) in [5, 5.41) is 0.893. The first kappa shape index (κ1) is 22.0. The fourth-order valence-electron chi connectivity index (χ4n) is 4.55. The molecule has 0 amide bonds. The van der Waals surface area contributed by atoms with Crippen LogP contribution in [0.4, 0.5) is 0 Å². The number of aryl methyl sites for hydroxylation is 2. The third kappa shape index (κ3) is 3.90. The standard InChI is InChI=1S/C28H27NO5/c1-17-5-7-19(8-6-17)14-29-15-22-23(33-16-29)12-10-21-18(2)26(28(30)34-27(21)22)20-9-11-24(31-3)25(13-20)32-4/h5-13H,14-16H2,1-4H3. The minimum Gasteiger partial charge on any atom is -0.493 e. The minimum atomic E-state index is -0.388. The molecule has 3 aromatic carbocycles. The molecule has 34 heavy (non-hydrogen) atoms. The van der Waals surface area contributed by atoms with Crippen LogP contribution in [0.3, 0.4) is 0 Å². The molecule has 4 aromatic rings. The molecule has 5 rings (SSSR count). The van der Waals surface area contributed by atoms with Crippen LogP contribution < -0.4 is 19.8 Å². The minimum absolute atomic E-state index is 0.388. The van der Waals surface area contributed by atoms with Crippen molar-refractivity contribution in [3.8, 4) is 28.4 Å². The van der Waals surface area contributed by atoms with Gasteiger partial charge < -0.3 is 18.6 Å². The van der Waals surface area contributed by atoms with Crippen LogP contribution >= 0.6 is 0 Å². The van der Waals surface area contributed by atoms with E-state index in [-0.39, 0.29) is 5.63 Å². The molecule has 0 fully saturated rings. The molecule has 0 unspecified atom stereocenters. The highest BCUT2D eigenvalue weighted by Gasteiger charge is 2.24. The van der Waals surface area contributed by atoms with Crippen molar-refractivity contribution in [3.63, 3.8) is 0 Å². The number of hydrogen-bond acceptors (Lipinski definition) is 6. The van der Waals surface area contributed by atoms with Gasteiger partial charge in [0.25, 0.3) is 0 Å². The van der Waals surface area contributed by atoms with E-state index in [9.17, 15) is 4.79 Å². The second-order valence-electron chi connectivity index (χ2n) is 8.62. The predicted octanol–water partition coefficient (Wildman–Crippen LogP) is 5.45. The zero-order chi connectivity index (χ0) is 23.8. The third-order valence-corrected chi connectivity index (χ3v) is 6.38. The van der Waals surface area contributed by atoms with Crippen LogP contribution in [-0.4, -0.2) is 25.9 Å². The lowest BCUT2D eigenvalue weighted by molar-refractivity contribution is 0.0889. The molecule has 0 radical (unpaired) electrons. The molecular weight excluding hydrogens is 430 g/mol. The van der Waals surface area contributed by atoms with Crippen LogP contribution in [0.1, 0.15) is 22.3 Å². The largest absolute Gasteiger partial charge is 0.493 e. The zero-order valence-electron chi connectivity index (χ0n) is 19.8. The van der Waals surface area contributed by atoms with E-state index in [1.165, 1.54) is 11.1 Å². The summed E-state index contributed by atoms with van der Waals surface area (Å²) in [7, 11) is 3.16. The summed E-state index contributed by atoms with van der Waals surface area (Å²) in [5.41, 5.74) is 5.64. The number of ether oxygens (including phenoxy) is 3. The highest BCUT2D eigenvalue weighted by molar-refractivity contribution is 5.90. The Hall–Kier alpha value is -3.77. The SMILES string of the molecule is COc1ccc(-c2c(C)c3ccc4c(c3oc2=O)CN(Cc2ccc(C)cc2)CO4)cc1OC. The maximum atomic E-state index is 13.2. The van der Waals surface area contributed by atoms with E-state index in [1.807, 2.05) is 25.1 Å². The Morgan fingerprint density at radius 3 is 2.44 bits per heavy atom. The molecule has 0 atom stereocenters. The Morgan fingerprint density at radius 2 is 1.71 bits per heavy atom. The molecule has 1 aliphatic rings. The predicted molar refractivity (Wildman–Crippen MR) is 132 cm³/mol. The summed E-state index contributed by atoms with van der Waals surface area (Å²) < 4.78 is 22.7. The summed E-state index contributed by atoms with van der Waals surface area (Å²) in [6, 6.07) is 17.9. The molecule has 6 heteroatoms. The van der Waals surface area contributed by atoms with Crippen LogP contribution in [0.25, 0.3) is 22.1 Å². The second kappa shape index (κ2) is 8.88. The van der Waals surface area contributed by atoms with Gasteiger partial charge in [-0.25, -0.2) is 4.79 Å². The summed E-state index contributed by atoms with van der Waals surface area (Å²) in [5.74, 6) is 1.92. The van der Waals surface area contributed by atoms with Crippen molar-refractivity contribution in [1.29, 1.82) is 0 Å². The van der Waals surface area contributed by atoms with Crippen molar-refractivity contribution < 1.29 is 18.6 Å². The first-order valence-electron chi connectivity index (χ1n) is 11.2. The van der Waals surface area contributed by atoms with Crippen LogP contribution in [-0.2, 0) is 13.1 Å². The average molecular weight is 458 g/mol. The Balaban J connectivity index is 1.55. The molecule has 1 aliphatic heterocycles. The van der Waals surface area contributed by atoms with E-state index < -0.39 is 0 Å².